The van der Waals surface area contributed by atoms with Crippen molar-refractivity contribution < 1.29 is 24.5 Å². The van der Waals surface area contributed by atoms with E-state index in [0.717, 1.165) is 11.6 Å². The average Bonchev–Trinajstić information content (AvgIpc) is 2.68. The second kappa shape index (κ2) is 8.01. The van der Waals surface area contributed by atoms with E-state index in [1.165, 1.54) is 18.2 Å². The smallest absolute Gasteiger partial charge is 0.343 e. The highest BCUT2D eigenvalue weighted by atomic mass is 16.5. The van der Waals surface area contributed by atoms with Crippen LogP contribution in [0.1, 0.15) is 26.3 Å². The summed E-state index contributed by atoms with van der Waals surface area (Å²) in [6, 6.07) is 19.1. The molecular weight excluding hydrogens is 344 g/mol. The van der Waals surface area contributed by atoms with Crippen molar-refractivity contribution in [3.63, 3.8) is 0 Å². The molecular formula is C22H16O5. The van der Waals surface area contributed by atoms with Gasteiger partial charge in [-0.2, -0.15) is 0 Å². The average molecular weight is 360 g/mol. The largest absolute Gasteiger partial charge is 0.508 e. The third kappa shape index (κ3) is 4.61. The Morgan fingerprint density at radius 1 is 0.852 bits per heavy atom. The molecule has 0 saturated heterocycles. The third-order valence-corrected chi connectivity index (χ3v) is 3.77. The lowest BCUT2D eigenvalue weighted by atomic mass is 10.1. The minimum atomic E-state index is -0.447. The summed E-state index contributed by atoms with van der Waals surface area (Å²) in [5.74, 6) is -0.853. The number of ether oxygens (including phenoxy) is 1. The van der Waals surface area contributed by atoms with Crippen LogP contribution in [0.5, 0.6) is 17.2 Å². The van der Waals surface area contributed by atoms with E-state index < -0.39 is 11.8 Å². The summed E-state index contributed by atoms with van der Waals surface area (Å²) in [7, 11) is 0. The van der Waals surface area contributed by atoms with Crippen LogP contribution in [0.3, 0.4) is 0 Å². The monoisotopic (exact) mass is 360 g/mol. The number of benzene rings is 3. The van der Waals surface area contributed by atoms with E-state index in [-0.39, 0.29) is 17.1 Å². The van der Waals surface area contributed by atoms with Gasteiger partial charge in [0.15, 0.2) is 5.78 Å². The van der Waals surface area contributed by atoms with Gasteiger partial charge >= 0.3 is 5.97 Å². The Balaban J connectivity index is 1.66. The molecule has 0 unspecified atom stereocenters. The first-order valence-corrected chi connectivity index (χ1v) is 8.14. The molecule has 0 saturated carbocycles. The van der Waals surface area contributed by atoms with E-state index in [1.807, 2.05) is 6.07 Å². The number of esters is 1. The predicted molar refractivity (Wildman–Crippen MR) is 101 cm³/mol. The van der Waals surface area contributed by atoms with Crippen molar-refractivity contribution >= 4 is 17.8 Å². The molecule has 0 atom stereocenters. The normalized spacial score (nSPS) is 10.7. The zero-order valence-corrected chi connectivity index (χ0v) is 14.2. The van der Waals surface area contributed by atoms with Crippen LogP contribution in [0.15, 0.2) is 78.9 Å². The Bertz CT molecular complexity index is 989. The number of phenolic OH excluding ortho intramolecular Hbond substituents is 2. The molecule has 0 aliphatic heterocycles. The summed E-state index contributed by atoms with van der Waals surface area (Å²) in [5.41, 5.74) is 1.28. The molecule has 0 heterocycles. The Morgan fingerprint density at radius 3 is 2.22 bits per heavy atom. The van der Waals surface area contributed by atoms with Gasteiger partial charge in [0, 0.05) is 6.07 Å². The standard InChI is InChI=1S/C22H16O5/c23-17-9-12-19(21(25)14-17)20(24)13-8-15-6-10-18(11-7-15)27-22(26)16-4-2-1-3-5-16/h1-14,23,25H/b13-8-. The van der Waals surface area contributed by atoms with Crippen LogP contribution in [-0.4, -0.2) is 22.0 Å². The van der Waals surface area contributed by atoms with Crippen LogP contribution in [0.4, 0.5) is 0 Å². The fraction of sp³-hybridized carbons (Fsp3) is 0. The van der Waals surface area contributed by atoms with E-state index in [0.29, 0.717) is 11.3 Å². The Kier molecular flexibility index (Phi) is 5.33. The van der Waals surface area contributed by atoms with Crippen molar-refractivity contribution in [3.05, 3.63) is 95.6 Å². The molecule has 3 rings (SSSR count). The summed E-state index contributed by atoms with van der Waals surface area (Å²) in [6.07, 6.45) is 2.90. The second-order valence-electron chi connectivity index (χ2n) is 5.72. The van der Waals surface area contributed by atoms with E-state index in [2.05, 4.69) is 0 Å². The zero-order chi connectivity index (χ0) is 19.2. The molecule has 0 amide bonds. The maximum atomic E-state index is 12.1. The lowest BCUT2D eigenvalue weighted by Gasteiger charge is -2.04. The summed E-state index contributed by atoms with van der Waals surface area (Å²) in [4.78, 5) is 24.1. The highest BCUT2D eigenvalue weighted by Crippen LogP contribution is 2.23. The number of rotatable bonds is 5. The highest BCUT2D eigenvalue weighted by molar-refractivity contribution is 6.08. The van der Waals surface area contributed by atoms with E-state index in [4.69, 9.17) is 4.74 Å². The number of phenols is 2. The van der Waals surface area contributed by atoms with Gasteiger partial charge in [-0.1, -0.05) is 36.4 Å². The SMILES string of the molecule is O=C(Oc1ccc(/C=C\C(=O)c2ccc(O)cc2O)cc1)c1ccccc1. The highest BCUT2D eigenvalue weighted by Gasteiger charge is 2.09. The van der Waals surface area contributed by atoms with Gasteiger partial charge in [-0.15, -0.1) is 0 Å². The molecule has 3 aromatic rings. The van der Waals surface area contributed by atoms with Crippen molar-refractivity contribution in [2.24, 2.45) is 0 Å². The zero-order valence-electron chi connectivity index (χ0n) is 14.2. The lowest BCUT2D eigenvalue weighted by Crippen LogP contribution is -2.07. The molecule has 134 valence electrons. The van der Waals surface area contributed by atoms with Crippen molar-refractivity contribution in [2.75, 3.05) is 0 Å². The first-order chi connectivity index (χ1) is 13.0. The maximum absolute atomic E-state index is 12.1. The second-order valence-corrected chi connectivity index (χ2v) is 5.72. The quantitative estimate of drug-likeness (QED) is 0.308. The molecule has 0 aliphatic rings. The summed E-state index contributed by atoms with van der Waals surface area (Å²) >= 11 is 0. The number of carbonyl (C=O) groups excluding carboxylic acids is 2. The fourth-order valence-corrected chi connectivity index (χ4v) is 2.38. The number of ketones is 1. The van der Waals surface area contributed by atoms with Crippen LogP contribution < -0.4 is 4.74 Å². The molecule has 5 heteroatoms. The van der Waals surface area contributed by atoms with E-state index >= 15 is 0 Å². The first-order valence-electron chi connectivity index (χ1n) is 8.14. The van der Waals surface area contributed by atoms with Gasteiger partial charge in [0.1, 0.15) is 17.2 Å². The molecule has 0 spiro atoms. The van der Waals surface area contributed by atoms with Crippen molar-refractivity contribution in [2.45, 2.75) is 0 Å². The summed E-state index contributed by atoms with van der Waals surface area (Å²) < 4.78 is 5.29. The molecule has 0 aromatic heterocycles. The molecule has 5 nitrogen and oxygen atoms in total. The van der Waals surface area contributed by atoms with Gasteiger partial charge in [-0.05, 0) is 48.0 Å². The molecule has 2 N–H and O–H groups in total. The Labute approximate surface area is 155 Å². The van der Waals surface area contributed by atoms with Crippen LogP contribution in [0.2, 0.25) is 0 Å². The van der Waals surface area contributed by atoms with Gasteiger partial charge in [0.05, 0.1) is 11.1 Å². The number of hydrogen-bond donors (Lipinski definition) is 2. The Hall–Kier alpha value is -3.86. The van der Waals surface area contributed by atoms with Crippen molar-refractivity contribution in [3.8, 4) is 17.2 Å². The van der Waals surface area contributed by atoms with Crippen molar-refractivity contribution in [1.82, 2.24) is 0 Å². The number of aromatic hydroxyl groups is 2. The minimum absolute atomic E-state index is 0.0949. The first kappa shape index (κ1) is 17.9. The lowest BCUT2D eigenvalue weighted by molar-refractivity contribution is 0.0734. The topological polar surface area (TPSA) is 83.8 Å². The van der Waals surface area contributed by atoms with E-state index in [9.17, 15) is 19.8 Å². The van der Waals surface area contributed by atoms with Gasteiger partial charge < -0.3 is 14.9 Å². The number of allylic oxidation sites excluding steroid dienone is 1. The summed E-state index contributed by atoms with van der Waals surface area (Å²) in [6.45, 7) is 0. The van der Waals surface area contributed by atoms with Gasteiger partial charge in [0.2, 0.25) is 0 Å². The van der Waals surface area contributed by atoms with Crippen LogP contribution in [0.25, 0.3) is 6.08 Å². The van der Waals surface area contributed by atoms with Gasteiger partial charge in [0.25, 0.3) is 0 Å². The maximum Gasteiger partial charge on any atom is 0.343 e. The van der Waals surface area contributed by atoms with E-state index in [1.54, 1.807) is 54.6 Å². The molecule has 3 aromatic carbocycles. The molecule has 0 fully saturated rings. The summed E-state index contributed by atoms with van der Waals surface area (Å²) in [5, 5.41) is 19.0. The van der Waals surface area contributed by atoms with Gasteiger partial charge in [-0.25, -0.2) is 4.79 Å². The number of carbonyl (C=O) groups is 2. The van der Waals surface area contributed by atoms with Crippen LogP contribution in [-0.2, 0) is 0 Å². The van der Waals surface area contributed by atoms with Crippen LogP contribution in [0, 0.1) is 0 Å². The Morgan fingerprint density at radius 2 is 1.56 bits per heavy atom. The molecule has 0 aliphatic carbocycles. The fourth-order valence-electron chi connectivity index (χ4n) is 2.38. The van der Waals surface area contributed by atoms with Gasteiger partial charge in [-0.3, -0.25) is 4.79 Å². The number of hydrogen-bond acceptors (Lipinski definition) is 5. The third-order valence-electron chi connectivity index (χ3n) is 3.77. The minimum Gasteiger partial charge on any atom is -0.508 e. The molecule has 27 heavy (non-hydrogen) atoms. The van der Waals surface area contributed by atoms with Crippen molar-refractivity contribution in [1.29, 1.82) is 0 Å². The van der Waals surface area contributed by atoms with Crippen LogP contribution >= 0.6 is 0 Å². The molecule has 0 radical (unpaired) electrons. The molecule has 0 bridgehead atoms. The predicted octanol–water partition coefficient (Wildman–Crippen LogP) is 4.21.